The van der Waals surface area contributed by atoms with Crippen LogP contribution >= 0.6 is 38.3 Å². The molecule has 0 aromatic heterocycles. The third-order valence-corrected chi connectivity index (χ3v) is 18.2. The molecule has 1 heterocycles. The number of fused-ring (bicyclic) bond motifs is 1. The molecule has 0 unspecified atom stereocenters. The molecule has 0 atom stereocenters. The van der Waals surface area contributed by atoms with Crippen LogP contribution in [-0.4, -0.2) is 27.6 Å². The van der Waals surface area contributed by atoms with Crippen molar-refractivity contribution in [2.75, 3.05) is 6.54 Å². The Labute approximate surface area is 121 Å². The molecule has 0 amide bonds. The van der Waals surface area contributed by atoms with Crippen molar-refractivity contribution >= 4 is 64.1 Å². The topological polar surface area (TPSA) is 12.2 Å². The minimum atomic E-state index is -3.62. The second-order valence-electron chi connectivity index (χ2n) is 4.09. The van der Waals surface area contributed by atoms with Crippen molar-refractivity contribution in [2.24, 2.45) is 0 Å². The average Bonchev–Trinajstić information content (AvgIpc) is 2.14. The van der Waals surface area contributed by atoms with Crippen LogP contribution in [-0.2, 0) is 3.10 Å². The van der Waals surface area contributed by atoms with Crippen molar-refractivity contribution in [1.82, 2.24) is 0 Å². The minimum absolute atomic E-state index is 0.902. The number of halogens is 3. The Hall–Kier alpha value is 0.920. The molecule has 1 aliphatic heterocycles. The molecular formula is C11H15Br3NOTe+. The van der Waals surface area contributed by atoms with Gasteiger partial charge in [-0.05, 0) is 0 Å². The van der Waals surface area contributed by atoms with Crippen molar-refractivity contribution < 1.29 is 7.68 Å². The first-order chi connectivity index (χ1) is 7.73. The summed E-state index contributed by atoms with van der Waals surface area (Å²) in [6.07, 6.45) is 0. The van der Waals surface area contributed by atoms with Gasteiger partial charge in [0.05, 0.1) is 0 Å². The molecule has 0 saturated heterocycles. The van der Waals surface area contributed by atoms with E-state index in [9.17, 15) is 0 Å². The molecule has 2 nitrogen and oxygen atoms in total. The van der Waals surface area contributed by atoms with Gasteiger partial charge in [-0.2, -0.15) is 0 Å². The van der Waals surface area contributed by atoms with Gasteiger partial charge in [0.25, 0.3) is 0 Å². The second kappa shape index (κ2) is 4.49. The molecule has 0 N–H and O–H groups in total. The molecule has 0 saturated carbocycles. The van der Waals surface area contributed by atoms with Gasteiger partial charge in [-0.25, -0.2) is 0 Å². The summed E-state index contributed by atoms with van der Waals surface area (Å²) in [6.45, 7) is 7.14. The average molecular weight is 545 g/mol. The van der Waals surface area contributed by atoms with E-state index in [1.807, 2.05) is 6.92 Å². The molecule has 0 fully saturated rings. The molecule has 17 heavy (non-hydrogen) atoms. The van der Waals surface area contributed by atoms with Crippen LogP contribution in [0.3, 0.4) is 0 Å². The Morgan fingerprint density at radius 3 is 2.47 bits per heavy atom. The van der Waals surface area contributed by atoms with Crippen LogP contribution in [0.15, 0.2) is 18.2 Å². The number of hydrogen-bond donors (Lipinski definition) is 0. The summed E-state index contributed by atoms with van der Waals surface area (Å²) in [5.41, 5.74) is 2.48. The van der Waals surface area contributed by atoms with Crippen molar-refractivity contribution in [1.29, 1.82) is 0 Å². The van der Waals surface area contributed by atoms with Gasteiger partial charge in [0.1, 0.15) is 0 Å². The van der Waals surface area contributed by atoms with Crippen molar-refractivity contribution in [3.63, 3.8) is 0 Å². The molecule has 2 rings (SSSR count). The van der Waals surface area contributed by atoms with Gasteiger partial charge >= 0.3 is 123 Å². The predicted molar refractivity (Wildman–Crippen MR) is 87.0 cm³/mol. The fourth-order valence-electron chi connectivity index (χ4n) is 2.02. The fraction of sp³-hybridized carbons (Fsp3) is 0.364. The Kier molecular flexibility index (Phi) is 3.78. The monoisotopic (exact) mass is 544 g/mol. The maximum absolute atomic E-state index is 6.13. The van der Waals surface area contributed by atoms with E-state index in [2.05, 4.69) is 74.9 Å². The van der Waals surface area contributed by atoms with Crippen LogP contribution in [0.25, 0.3) is 0 Å². The Morgan fingerprint density at radius 1 is 1.24 bits per heavy atom. The van der Waals surface area contributed by atoms with Gasteiger partial charge in [0.2, 0.25) is 0 Å². The van der Waals surface area contributed by atoms with Crippen LogP contribution in [0.5, 0.6) is 0 Å². The van der Waals surface area contributed by atoms with Gasteiger partial charge < -0.3 is 0 Å². The van der Waals surface area contributed by atoms with Crippen molar-refractivity contribution in [3.8, 4) is 0 Å². The normalized spacial score (nSPS) is 23.3. The van der Waals surface area contributed by atoms with Crippen molar-refractivity contribution in [3.05, 3.63) is 23.8 Å². The van der Waals surface area contributed by atoms with Gasteiger partial charge in [0.15, 0.2) is 0 Å². The summed E-state index contributed by atoms with van der Waals surface area (Å²) in [4.78, 5) is 0. The Bertz CT molecular complexity index is 519. The first kappa shape index (κ1) is 14.3. The third kappa shape index (κ3) is 2.62. The molecule has 0 radical (unpaired) electrons. The van der Waals surface area contributed by atoms with Gasteiger partial charge in [-0.15, -0.1) is 0 Å². The summed E-state index contributed by atoms with van der Waals surface area (Å²) >= 11 is 11.3. The van der Waals surface area contributed by atoms with E-state index in [4.69, 9.17) is 3.10 Å². The summed E-state index contributed by atoms with van der Waals surface area (Å²) in [6, 6.07) is 6.46. The first-order valence-electron chi connectivity index (χ1n) is 5.33. The van der Waals surface area contributed by atoms with Crippen LogP contribution in [0, 0.1) is 6.92 Å². The molecule has 0 spiro atoms. The zero-order valence-electron chi connectivity index (χ0n) is 9.88. The van der Waals surface area contributed by atoms with Crippen LogP contribution in [0.4, 0.5) is 5.69 Å². The third-order valence-electron chi connectivity index (χ3n) is 2.77. The van der Waals surface area contributed by atoms with E-state index >= 15 is 0 Å². The quantitative estimate of drug-likeness (QED) is 0.389. The van der Waals surface area contributed by atoms with E-state index in [-0.39, 0.29) is 0 Å². The summed E-state index contributed by atoms with van der Waals surface area (Å²) in [5, 5.41) is 0. The number of rotatable bonds is 1. The van der Waals surface area contributed by atoms with Crippen molar-refractivity contribution in [2.45, 2.75) is 20.8 Å². The zero-order valence-corrected chi connectivity index (χ0v) is 17.2. The second-order valence-corrected chi connectivity index (χ2v) is 56.6. The SMILES string of the molecule is CC[N+]1=C(C)O[TeH](Br)(Br)(Br)c2ccc(C)cc21. The molecule has 1 aromatic rings. The molecule has 0 aliphatic carbocycles. The van der Waals surface area contributed by atoms with Crippen LogP contribution < -0.4 is 3.61 Å². The van der Waals surface area contributed by atoms with Crippen LogP contribution in [0.2, 0.25) is 0 Å². The van der Waals surface area contributed by atoms with E-state index in [0.717, 1.165) is 12.4 Å². The van der Waals surface area contributed by atoms with Gasteiger partial charge in [0, 0.05) is 0 Å². The summed E-state index contributed by atoms with van der Waals surface area (Å²) < 4.78 is 9.53. The van der Waals surface area contributed by atoms with E-state index in [1.54, 1.807) is 0 Å². The standard InChI is InChI=1S/C11H15Br3NOTe/c1-4-15-9(3)16-17(12,13,14)11-6-5-8(2)7-10(11)15/h5-7,17H,4H2,1-3H3/q+1. The van der Waals surface area contributed by atoms with Gasteiger partial charge in [-0.3, -0.25) is 0 Å². The summed E-state index contributed by atoms with van der Waals surface area (Å²) in [7, 11) is -3.62. The van der Waals surface area contributed by atoms with E-state index < -0.39 is 10.6 Å². The number of hydrogen-bond acceptors (Lipinski definition) is 1. The molecule has 0 bridgehead atoms. The number of nitrogens with zero attached hydrogens (tertiary/aromatic N) is 1. The molecule has 96 valence electrons. The zero-order chi connectivity index (χ0) is 12.9. The molecule has 1 aliphatic rings. The fourth-order valence-corrected chi connectivity index (χ4v) is 16.5. The number of benzene rings is 1. The number of aryl methyl sites for hydroxylation is 1. The molecular weight excluding hydrogens is 529 g/mol. The molecule has 6 heteroatoms. The predicted octanol–water partition coefficient (Wildman–Crippen LogP) is 3.62. The molecule has 1 aromatic carbocycles. The van der Waals surface area contributed by atoms with E-state index in [1.165, 1.54) is 14.9 Å². The van der Waals surface area contributed by atoms with Gasteiger partial charge in [-0.1, -0.05) is 0 Å². The van der Waals surface area contributed by atoms with Crippen LogP contribution in [0.1, 0.15) is 19.4 Å². The maximum atomic E-state index is 6.13. The Balaban J connectivity index is 2.78. The Morgan fingerprint density at radius 2 is 1.88 bits per heavy atom. The first-order valence-corrected chi connectivity index (χ1v) is 24.8. The summed E-state index contributed by atoms with van der Waals surface area (Å²) in [5.74, 6) is 0.929. The van der Waals surface area contributed by atoms with E-state index in [0.29, 0.717) is 0 Å².